The van der Waals surface area contributed by atoms with Gasteiger partial charge in [-0.3, -0.25) is 4.98 Å². The smallest absolute Gasteiger partial charge is 0.0908 e. The molecule has 0 fully saturated rings. The molecule has 0 spiro atoms. The number of fused-ring (bicyclic) bond motifs is 1. The highest BCUT2D eigenvalue weighted by molar-refractivity contribution is 5.78. The van der Waals surface area contributed by atoms with E-state index in [0.29, 0.717) is 0 Å². The molecule has 0 N–H and O–H groups in total. The van der Waals surface area contributed by atoms with Crippen LogP contribution in [0.5, 0.6) is 0 Å². The molecular weight excluding hydrogens is 136 g/mol. The number of nitrogens with zero attached hydrogens (tertiary/aromatic N) is 2. The van der Waals surface area contributed by atoms with E-state index in [1.54, 1.807) is 0 Å². The standard InChI is InChI=1S/C9H9N2/c1-2-11-6-4-8-7-10-5-3-9(8)11/h3-4,6-7H,2H2,1H3. The normalized spacial score (nSPS) is 10.6. The maximum Gasteiger partial charge on any atom is 0.0908 e. The summed E-state index contributed by atoms with van der Waals surface area (Å²) in [5, 5.41) is 1.19. The highest BCUT2D eigenvalue weighted by atomic mass is 14.9. The fourth-order valence-electron chi connectivity index (χ4n) is 1.26. The van der Waals surface area contributed by atoms with Crippen LogP contribution < -0.4 is 0 Å². The summed E-state index contributed by atoms with van der Waals surface area (Å²) in [5.74, 6) is 0. The molecule has 0 aromatic carbocycles. The lowest BCUT2D eigenvalue weighted by Gasteiger charge is -1.97. The van der Waals surface area contributed by atoms with Gasteiger partial charge in [0.2, 0.25) is 0 Å². The Hall–Kier alpha value is -1.31. The fraction of sp³-hybridized carbons (Fsp3) is 0.222. The van der Waals surface area contributed by atoms with Crippen LogP contribution in [0.3, 0.4) is 0 Å². The minimum Gasteiger partial charge on any atom is -0.348 e. The van der Waals surface area contributed by atoms with Crippen LogP contribution in [0.2, 0.25) is 0 Å². The van der Waals surface area contributed by atoms with Gasteiger partial charge in [0.25, 0.3) is 0 Å². The molecule has 0 bridgehead atoms. The lowest BCUT2D eigenvalue weighted by atomic mass is 10.3. The molecule has 0 saturated heterocycles. The number of aryl methyl sites for hydroxylation is 1. The van der Waals surface area contributed by atoms with Gasteiger partial charge >= 0.3 is 0 Å². The van der Waals surface area contributed by atoms with Crippen LogP contribution in [0, 0.1) is 6.20 Å². The SMILES string of the molecule is CCn1ccc2cn[c]cc21. The van der Waals surface area contributed by atoms with Gasteiger partial charge in [-0.2, -0.15) is 0 Å². The first kappa shape index (κ1) is 6.40. The molecule has 2 heterocycles. The molecule has 0 atom stereocenters. The van der Waals surface area contributed by atoms with Gasteiger partial charge in [-0.15, -0.1) is 0 Å². The van der Waals surface area contributed by atoms with E-state index < -0.39 is 0 Å². The average Bonchev–Trinajstić information content (AvgIpc) is 2.47. The number of pyridine rings is 1. The zero-order chi connectivity index (χ0) is 7.68. The summed E-state index contributed by atoms with van der Waals surface area (Å²) in [6, 6.07) is 3.98. The average molecular weight is 145 g/mol. The summed E-state index contributed by atoms with van der Waals surface area (Å²) in [6.07, 6.45) is 6.73. The molecule has 2 heteroatoms. The van der Waals surface area contributed by atoms with Crippen molar-refractivity contribution in [2.24, 2.45) is 0 Å². The minimum atomic E-state index is 1.00. The zero-order valence-corrected chi connectivity index (χ0v) is 6.41. The number of rotatable bonds is 1. The van der Waals surface area contributed by atoms with Gasteiger partial charge < -0.3 is 4.57 Å². The predicted molar refractivity (Wildman–Crippen MR) is 44.2 cm³/mol. The van der Waals surface area contributed by atoms with Crippen molar-refractivity contribution < 1.29 is 0 Å². The molecule has 0 unspecified atom stereocenters. The number of hydrogen-bond donors (Lipinski definition) is 0. The summed E-state index contributed by atoms with van der Waals surface area (Å²) in [6.45, 7) is 3.13. The maximum atomic E-state index is 3.92. The maximum absolute atomic E-state index is 3.92. The lowest BCUT2D eigenvalue weighted by Crippen LogP contribution is -1.89. The van der Waals surface area contributed by atoms with E-state index in [9.17, 15) is 0 Å². The third kappa shape index (κ3) is 0.909. The first-order chi connectivity index (χ1) is 5.42. The minimum absolute atomic E-state index is 1.00. The Kier molecular flexibility index (Phi) is 1.39. The molecule has 0 aliphatic carbocycles. The molecule has 0 amide bonds. The first-order valence-corrected chi connectivity index (χ1v) is 3.72. The van der Waals surface area contributed by atoms with E-state index in [1.807, 2.05) is 12.3 Å². The van der Waals surface area contributed by atoms with Crippen LogP contribution in [-0.4, -0.2) is 9.55 Å². The van der Waals surface area contributed by atoms with Crippen LogP contribution in [0.4, 0.5) is 0 Å². The topological polar surface area (TPSA) is 17.8 Å². The second kappa shape index (κ2) is 2.38. The lowest BCUT2D eigenvalue weighted by molar-refractivity contribution is 0.797. The zero-order valence-electron chi connectivity index (χ0n) is 6.41. The summed E-state index contributed by atoms with van der Waals surface area (Å²) in [7, 11) is 0. The molecule has 2 aromatic rings. The van der Waals surface area contributed by atoms with Gasteiger partial charge in [0.05, 0.1) is 11.7 Å². The van der Waals surface area contributed by atoms with Crippen molar-refractivity contribution in [3.8, 4) is 0 Å². The van der Waals surface area contributed by atoms with Gasteiger partial charge in [-0.05, 0) is 19.1 Å². The molecule has 1 radical (unpaired) electrons. The largest absolute Gasteiger partial charge is 0.348 e. The Bertz CT molecular complexity index is 362. The van der Waals surface area contributed by atoms with E-state index in [1.165, 1.54) is 10.9 Å². The third-order valence-corrected chi connectivity index (χ3v) is 1.86. The van der Waals surface area contributed by atoms with Gasteiger partial charge in [0, 0.05) is 24.3 Å². The van der Waals surface area contributed by atoms with Crippen molar-refractivity contribution in [1.82, 2.24) is 9.55 Å². The molecule has 0 saturated carbocycles. The van der Waals surface area contributed by atoms with E-state index in [0.717, 1.165) is 6.54 Å². The van der Waals surface area contributed by atoms with Crippen molar-refractivity contribution in [2.45, 2.75) is 13.5 Å². The van der Waals surface area contributed by atoms with Crippen LogP contribution in [-0.2, 0) is 6.54 Å². The second-order valence-corrected chi connectivity index (χ2v) is 2.47. The Morgan fingerprint density at radius 2 is 2.55 bits per heavy atom. The second-order valence-electron chi connectivity index (χ2n) is 2.47. The molecule has 2 nitrogen and oxygen atoms in total. The Morgan fingerprint density at radius 1 is 1.64 bits per heavy atom. The first-order valence-electron chi connectivity index (χ1n) is 3.72. The number of hydrogen-bond acceptors (Lipinski definition) is 1. The fourth-order valence-corrected chi connectivity index (χ4v) is 1.26. The Labute approximate surface area is 65.5 Å². The molecule has 11 heavy (non-hydrogen) atoms. The van der Waals surface area contributed by atoms with Gasteiger partial charge in [-0.1, -0.05) is 0 Å². The molecule has 55 valence electrons. The molecule has 0 aliphatic rings. The molecule has 2 rings (SSSR count). The van der Waals surface area contributed by atoms with Crippen LogP contribution in [0.15, 0.2) is 24.5 Å². The monoisotopic (exact) mass is 145 g/mol. The summed E-state index contributed by atoms with van der Waals surface area (Å²) < 4.78 is 2.17. The van der Waals surface area contributed by atoms with Crippen molar-refractivity contribution in [3.05, 3.63) is 30.7 Å². The Morgan fingerprint density at radius 3 is 3.36 bits per heavy atom. The molecule has 0 aliphatic heterocycles. The third-order valence-electron chi connectivity index (χ3n) is 1.86. The molecule has 2 aromatic heterocycles. The number of aromatic nitrogens is 2. The highest BCUT2D eigenvalue weighted by Gasteiger charge is 1.96. The van der Waals surface area contributed by atoms with E-state index in [2.05, 4.69) is 34.9 Å². The van der Waals surface area contributed by atoms with Crippen molar-refractivity contribution in [3.63, 3.8) is 0 Å². The summed E-state index contributed by atoms with van der Waals surface area (Å²) in [5.41, 5.74) is 1.21. The van der Waals surface area contributed by atoms with Gasteiger partial charge in [-0.25, -0.2) is 0 Å². The van der Waals surface area contributed by atoms with Crippen LogP contribution in [0.25, 0.3) is 10.9 Å². The van der Waals surface area contributed by atoms with Crippen LogP contribution in [0.1, 0.15) is 6.92 Å². The summed E-state index contributed by atoms with van der Waals surface area (Å²) in [4.78, 5) is 3.92. The highest BCUT2D eigenvalue weighted by Crippen LogP contribution is 2.12. The van der Waals surface area contributed by atoms with Crippen molar-refractivity contribution in [2.75, 3.05) is 0 Å². The van der Waals surface area contributed by atoms with Gasteiger partial charge in [0.1, 0.15) is 0 Å². The van der Waals surface area contributed by atoms with Crippen LogP contribution >= 0.6 is 0 Å². The van der Waals surface area contributed by atoms with E-state index >= 15 is 0 Å². The quantitative estimate of drug-likeness (QED) is 0.598. The van der Waals surface area contributed by atoms with E-state index in [-0.39, 0.29) is 0 Å². The molecular formula is C9H9N2. The summed E-state index contributed by atoms with van der Waals surface area (Å²) >= 11 is 0. The van der Waals surface area contributed by atoms with Gasteiger partial charge in [0.15, 0.2) is 0 Å². The van der Waals surface area contributed by atoms with Crippen molar-refractivity contribution >= 4 is 10.9 Å². The van der Waals surface area contributed by atoms with E-state index in [4.69, 9.17) is 0 Å². The Balaban J connectivity index is 2.76. The predicted octanol–water partition coefficient (Wildman–Crippen LogP) is 1.86. The van der Waals surface area contributed by atoms with Crippen molar-refractivity contribution in [1.29, 1.82) is 0 Å².